The first-order valence-electron chi connectivity index (χ1n) is 5.70. The lowest BCUT2D eigenvalue weighted by Crippen LogP contribution is -1.98. The van der Waals surface area contributed by atoms with Crippen LogP contribution in [0.5, 0.6) is 0 Å². The molecule has 0 unspecified atom stereocenters. The normalized spacial score (nSPS) is 10.4. The topological polar surface area (TPSA) is 61.6 Å². The molecule has 0 amide bonds. The monoisotopic (exact) mass is 258 g/mol. The highest BCUT2D eigenvalue weighted by molar-refractivity contribution is 7.13. The number of nitriles is 1. The molecule has 0 spiro atoms. The maximum Gasteiger partial charge on any atom is 0.188 e. The molecular weight excluding hydrogens is 244 g/mol. The van der Waals surface area contributed by atoms with Crippen molar-refractivity contribution in [2.45, 2.75) is 26.7 Å². The summed E-state index contributed by atoms with van der Waals surface area (Å²) in [6.07, 6.45) is 0. The van der Waals surface area contributed by atoms with Crippen LogP contribution in [0.4, 0.5) is 10.9 Å². The highest BCUT2D eigenvalue weighted by atomic mass is 32.1. The van der Waals surface area contributed by atoms with Crippen LogP contribution in [0.3, 0.4) is 0 Å². The van der Waals surface area contributed by atoms with Gasteiger partial charge in [0.25, 0.3) is 0 Å². The van der Waals surface area contributed by atoms with Crippen LogP contribution < -0.4 is 5.32 Å². The Morgan fingerprint density at radius 2 is 2.11 bits per heavy atom. The first-order valence-corrected chi connectivity index (χ1v) is 6.58. The number of rotatable bonds is 3. The second kappa shape index (κ2) is 5.15. The average Bonchev–Trinajstić information content (AvgIpc) is 2.78. The van der Waals surface area contributed by atoms with Crippen LogP contribution in [0, 0.1) is 18.3 Å². The lowest BCUT2D eigenvalue weighted by molar-refractivity contribution is 0.834. The highest BCUT2D eigenvalue weighted by Crippen LogP contribution is 2.25. The molecule has 0 atom stereocenters. The van der Waals surface area contributed by atoms with Crippen LogP contribution >= 0.6 is 11.3 Å². The Bertz CT molecular complexity index is 595. The van der Waals surface area contributed by atoms with Crippen molar-refractivity contribution in [1.29, 1.82) is 5.26 Å². The van der Waals surface area contributed by atoms with Crippen molar-refractivity contribution in [3.63, 3.8) is 0 Å². The Kier molecular flexibility index (Phi) is 3.58. The van der Waals surface area contributed by atoms with Gasteiger partial charge in [0, 0.05) is 11.1 Å². The van der Waals surface area contributed by atoms with Gasteiger partial charge in [0.15, 0.2) is 5.13 Å². The zero-order valence-electron chi connectivity index (χ0n) is 10.6. The minimum Gasteiger partial charge on any atom is -0.315 e. The summed E-state index contributed by atoms with van der Waals surface area (Å²) in [6, 6.07) is 5.71. The number of hydrogen-bond acceptors (Lipinski definition) is 5. The third kappa shape index (κ3) is 2.66. The van der Waals surface area contributed by atoms with Gasteiger partial charge in [0.2, 0.25) is 0 Å². The van der Waals surface area contributed by atoms with Gasteiger partial charge in [-0.3, -0.25) is 0 Å². The Morgan fingerprint density at radius 3 is 2.72 bits per heavy atom. The van der Waals surface area contributed by atoms with E-state index in [-0.39, 0.29) is 0 Å². The molecule has 0 bridgehead atoms. The number of hydrogen-bond donors (Lipinski definition) is 1. The van der Waals surface area contributed by atoms with Crippen LogP contribution in [0.2, 0.25) is 0 Å². The van der Waals surface area contributed by atoms with E-state index in [1.54, 1.807) is 6.07 Å². The summed E-state index contributed by atoms with van der Waals surface area (Å²) in [5.41, 5.74) is 2.45. The van der Waals surface area contributed by atoms with Crippen LogP contribution in [0.25, 0.3) is 0 Å². The van der Waals surface area contributed by atoms with Gasteiger partial charge in [-0.05, 0) is 25.0 Å². The first-order chi connectivity index (χ1) is 8.60. The molecule has 1 N–H and O–H groups in total. The molecule has 0 saturated carbocycles. The predicted molar refractivity (Wildman–Crippen MR) is 73.2 cm³/mol. The number of anilines is 2. The molecule has 92 valence electrons. The van der Waals surface area contributed by atoms with E-state index in [4.69, 9.17) is 5.26 Å². The molecule has 2 heterocycles. The average molecular weight is 258 g/mol. The zero-order chi connectivity index (χ0) is 13.1. The van der Waals surface area contributed by atoms with Crippen molar-refractivity contribution in [2.24, 2.45) is 0 Å². The van der Waals surface area contributed by atoms with Crippen molar-refractivity contribution in [1.82, 2.24) is 9.97 Å². The summed E-state index contributed by atoms with van der Waals surface area (Å²) >= 11 is 1.53. The zero-order valence-corrected chi connectivity index (χ0v) is 11.4. The summed E-state index contributed by atoms with van der Waals surface area (Å²) < 4.78 is 0. The third-order valence-electron chi connectivity index (χ3n) is 2.49. The quantitative estimate of drug-likeness (QED) is 0.914. The van der Waals surface area contributed by atoms with Gasteiger partial charge in [-0.15, -0.1) is 11.3 Å². The second-order valence-electron chi connectivity index (χ2n) is 4.32. The van der Waals surface area contributed by atoms with Crippen molar-refractivity contribution in [3.8, 4) is 6.07 Å². The van der Waals surface area contributed by atoms with E-state index in [0.29, 0.717) is 17.3 Å². The van der Waals surface area contributed by atoms with Gasteiger partial charge in [-0.1, -0.05) is 13.8 Å². The standard InChI is InChI=1S/C13H14N4S/c1-8(2)11-7-18-13(16-11)17-12-10(6-14)5-4-9(3)15-12/h4-5,7-8H,1-3H3,(H,15,16,17). The number of nitrogens with one attached hydrogen (secondary N) is 1. The fraction of sp³-hybridized carbons (Fsp3) is 0.308. The molecule has 0 aliphatic heterocycles. The molecular formula is C13H14N4S. The molecule has 2 aromatic rings. The SMILES string of the molecule is Cc1ccc(C#N)c(Nc2nc(C(C)C)cs2)n1. The Morgan fingerprint density at radius 1 is 1.33 bits per heavy atom. The van der Waals surface area contributed by atoms with Crippen molar-refractivity contribution >= 4 is 22.3 Å². The molecule has 5 heteroatoms. The maximum absolute atomic E-state index is 9.03. The Balaban J connectivity index is 2.28. The summed E-state index contributed by atoms with van der Waals surface area (Å²) in [5, 5.41) is 14.9. The van der Waals surface area contributed by atoms with Crippen molar-refractivity contribution in [2.75, 3.05) is 5.32 Å². The molecule has 0 saturated heterocycles. The fourth-order valence-electron chi connectivity index (χ4n) is 1.45. The van der Waals surface area contributed by atoms with E-state index in [2.05, 4.69) is 35.2 Å². The van der Waals surface area contributed by atoms with Gasteiger partial charge in [-0.2, -0.15) is 5.26 Å². The second-order valence-corrected chi connectivity index (χ2v) is 5.18. The number of aromatic nitrogens is 2. The van der Waals surface area contributed by atoms with E-state index in [0.717, 1.165) is 16.5 Å². The summed E-state index contributed by atoms with van der Waals surface area (Å²) in [5.74, 6) is 0.972. The van der Waals surface area contributed by atoms with Crippen molar-refractivity contribution in [3.05, 3.63) is 34.5 Å². The molecule has 2 rings (SSSR count). The van der Waals surface area contributed by atoms with Crippen LogP contribution in [0.15, 0.2) is 17.5 Å². The smallest absolute Gasteiger partial charge is 0.188 e. The van der Waals surface area contributed by atoms with Crippen LogP contribution in [0.1, 0.15) is 36.7 Å². The molecule has 0 fully saturated rings. The predicted octanol–water partition coefficient (Wildman–Crippen LogP) is 3.59. The fourth-order valence-corrected chi connectivity index (χ4v) is 2.32. The Labute approximate surface area is 110 Å². The minimum atomic E-state index is 0.401. The van der Waals surface area contributed by atoms with Crippen LogP contribution in [-0.2, 0) is 0 Å². The summed E-state index contributed by atoms with van der Waals surface area (Å²) in [6.45, 7) is 6.10. The molecule has 0 aliphatic carbocycles. The lowest BCUT2D eigenvalue weighted by atomic mass is 10.2. The summed E-state index contributed by atoms with van der Waals surface area (Å²) in [4.78, 5) is 8.79. The van der Waals surface area contributed by atoms with Crippen molar-refractivity contribution < 1.29 is 0 Å². The van der Waals surface area contributed by atoms with Gasteiger partial charge < -0.3 is 5.32 Å². The minimum absolute atomic E-state index is 0.401. The van der Waals surface area contributed by atoms with Gasteiger partial charge in [0.05, 0.1) is 11.3 Å². The number of thiazole rings is 1. The summed E-state index contributed by atoms with van der Waals surface area (Å²) in [7, 11) is 0. The van der Waals surface area contributed by atoms with E-state index in [1.807, 2.05) is 18.4 Å². The molecule has 18 heavy (non-hydrogen) atoms. The van der Waals surface area contributed by atoms with Gasteiger partial charge >= 0.3 is 0 Å². The number of nitrogens with zero attached hydrogens (tertiary/aromatic N) is 3. The van der Waals surface area contributed by atoms with Gasteiger partial charge in [0.1, 0.15) is 11.9 Å². The van der Waals surface area contributed by atoms with E-state index >= 15 is 0 Å². The molecule has 4 nitrogen and oxygen atoms in total. The maximum atomic E-state index is 9.03. The van der Waals surface area contributed by atoms with Gasteiger partial charge in [-0.25, -0.2) is 9.97 Å². The largest absolute Gasteiger partial charge is 0.315 e. The van der Waals surface area contributed by atoms with E-state index < -0.39 is 0 Å². The van der Waals surface area contributed by atoms with Crippen LogP contribution in [-0.4, -0.2) is 9.97 Å². The molecule has 0 aromatic carbocycles. The number of aryl methyl sites for hydroxylation is 1. The third-order valence-corrected chi connectivity index (χ3v) is 3.27. The highest BCUT2D eigenvalue weighted by Gasteiger charge is 2.09. The van der Waals surface area contributed by atoms with E-state index in [1.165, 1.54) is 11.3 Å². The molecule has 0 aliphatic rings. The molecule has 0 radical (unpaired) electrons. The first kappa shape index (κ1) is 12.5. The lowest BCUT2D eigenvalue weighted by Gasteiger charge is -2.05. The van der Waals surface area contributed by atoms with E-state index in [9.17, 15) is 0 Å². The Hall–Kier alpha value is -1.93. The number of pyridine rings is 1. The molecule has 2 aromatic heterocycles.